The number of ether oxygens (including phenoxy) is 1. The zero-order chi connectivity index (χ0) is 16.0. The van der Waals surface area contributed by atoms with Crippen LogP contribution in [0.2, 0.25) is 0 Å². The highest BCUT2D eigenvalue weighted by Gasteiger charge is 2.12. The van der Waals surface area contributed by atoms with E-state index in [1.807, 2.05) is 48.0 Å². The Hall–Kier alpha value is -2.79. The summed E-state index contributed by atoms with van der Waals surface area (Å²) < 4.78 is 7.34. The first kappa shape index (κ1) is 16.1. The van der Waals surface area contributed by atoms with Crippen molar-refractivity contribution in [1.82, 2.24) is 14.4 Å². The van der Waals surface area contributed by atoms with E-state index in [-0.39, 0.29) is 18.0 Å². The third kappa shape index (κ3) is 2.53. The highest BCUT2D eigenvalue weighted by molar-refractivity contribution is 5.97. The van der Waals surface area contributed by atoms with Crippen molar-refractivity contribution >= 4 is 29.0 Å². The number of nitrogens with one attached hydrogen (secondary N) is 1. The second-order valence-corrected chi connectivity index (χ2v) is 5.52. The van der Waals surface area contributed by atoms with Gasteiger partial charge in [-0.3, -0.25) is 4.79 Å². The Morgan fingerprint density at radius 1 is 1.17 bits per heavy atom. The number of methoxy groups -OCH3 is 1. The lowest BCUT2D eigenvalue weighted by Crippen LogP contribution is -2.04. The third-order valence-corrected chi connectivity index (χ3v) is 3.97. The molecule has 1 N–H and O–H groups in total. The average Bonchev–Trinajstić information content (AvgIpc) is 2.96. The van der Waals surface area contributed by atoms with Crippen molar-refractivity contribution in [2.45, 2.75) is 6.92 Å². The van der Waals surface area contributed by atoms with Crippen molar-refractivity contribution in [2.24, 2.45) is 0 Å². The second-order valence-electron chi connectivity index (χ2n) is 5.52. The molecular formula is C18H16ClN3O2. The third-order valence-electron chi connectivity index (χ3n) is 3.97. The van der Waals surface area contributed by atoms with Crippen LogP contribution in [0.25, 0.3) is 27.8 Å². The molecule has 24 heavy (non-hydrogen) atoms. The van der Waals surface area contributed by atoms with Gasteiger partial charge in [0.2, 0.25) is 5.56 Å². The van der Waals surface area contributed by atoms with Crippen molar-refractivity contribution < 1.29 is 4.74 Å². The number of nitrogens with zero attached hydrogens (tertiary/aromatic N) is 2. The number of benzene rings is 1. The fraction of sp³-hybridized carbons (Fsp3) is 0.111. The molecule has 6 heteroatoms. The Kier molecular flexibility index (Phi) is 4.03. The Morgan fingerprint density at radius 3 is 2.79 bits per heavy atom. The minimum absolute atomic E-state index is 0. The molecule has 1 aromatic carbocycles. The fourth-order valence-electron chi connectivity index (χ4n) is 2.83. The monoisotopic (exact) mass is 341 g/mol. The maximum atomic E-state index is 11.6. The van der Waals surface area contributed by atoms with Gasteiger partial charge in [-0.25, -0.2) is 4.98 Å². The number of halogens is 1. The van der Waals surface area contributed by atoms with E-state index in [0.29, 0.717) is 11.3 Å². The maximum absolute atomic E-state index is 11.6. The molecule has 0 saturated carbocycles. The smallest absolute Gasteiger partial charge is 0.248 e. The molecule has 0 aliphatic carbocycles. The van der Waals surface area contributed by atoms with Crippen LogP contribution in [0.4, 0.5) is 0 Å². The van der Waals surface area contributed by atoms with Crippen molar-refractivity contribution in [3.05, 3.63) is 64.7 Å². The van der Waals surface area contributed by atoms with E-state index in [1.54, 1.807) is 13.2 Å². The maximum Gasteiger partial charge on any atom is 0.248 e. The molecule has 0 fully saturated rings. The van der Waals surface area contributed by atoms with Gasteiger partial charge in [0.15, 0.2) is 0 Å². The van der Waals surface area contributed by atoms with Gasteiger partial charge in [-0.2, -0.15) is 0 Å². The molecule has 0 unspecified atom stereocenters. The molecule has 0 aliphatic heterocycles. The summed E-state index contributed by atoms with van der Waals surface area (Å²) in [6.07, 6.45) is 3.98. The van der Waals surface area contributed by atoms with Crippen LogP contribution in [-0.4, -0.2) is 21.5 Å². The van der Waals surface area contributed by atoms with E-state index in [1.165, 1.54) is 11.6 Å². The SMILES string of the molecule is COc1ccc(-c2cn3ccc(C)cc3n2)c2ccc(=O)[nH]c12.Cl. The van der Waals surface area contributed by atoms with Crippen molar-refractivity contribution in [2.75, 3.05) is 7.11 Å². The van der Waals surface area contributed by atoms with Gasteiger partial charge in [-0.15, -0.1) is 12.4 Å². The van der Waals surface area contributed by atoms with Crippen molar-refractivity contribution in [3.63, 3.8) is 0 Å². The van der Waals surface area contributed by atoms with Crippen LogP contribution in [0.5, 0.6) is 5.75 Å². The predicted molar refractivity (Wildman–Crippen MR) is 97.3 cm³/mol. The number of aromatic amines is 1. The molecule has 3 aromatic heterocycles. The number of aryl methyl sites for hydroxylation is 1. The summed E-state index contributed by atoms with van der Waals surface area (Å²) in [5, 5.41) is 0.907. The topological polar surface area (TPSA) is 59.4 Å². The Bertz CT molecular complexity index is 1100. The van der Waals surface area contributed by atoms with Crippen LogP contribution in [0, 0.1) is 6.92 Å². The molecule has 5 nitrogen and oxygen atoms in total. The zero-order valence-electron chi connectivity index (χ0n) is 13.2. The summed E-state index contributed by atoms with van der Waals surface area (Å²) in [7, 11) is 1.59. The highest BCUT2D eigenvalue weighted by Crippen LogP contribution is 2.32. The number of pyridine rings is 2. The molecule has 4 aromatic rings. The van der Waals surface area contributed by atoms with Crippen molar-refractivity contribution in [1.29, 1.82) is 0 Å². The van der Waals surface area contributed by atoms with E-state index in [9.17, 15) is 4.79 Å². The van der Waals surface area contributed by atoms with Gasteiger partial charge < -0.3 is 14.1 Å². The molecule has 0 spiro atoms. The first-order valence-electron chi connectivity index (χ1n) is 7.31. The van der Waals surface area contributed by atoms with Gasteiger partial charge in [-0.1, -0.05) is 0 Å². The van der Waals surface area contributed by atoms with E-state index in [0.717, 1.165) is 22.3 Å². The van der Waals surface area contributed by atoms with E-state index in [2.05, 4.69) is 4.98 Å². The summed E-state index contributed by atoms with van der Waals surface area (Å²) in [4.78, 5) is 19.2. The van der Waals surface area contributed by atoms with E-state index < -0.39 is 0 Å². The minimum Gasteiger partial charge on any atom is -0.495 e. The summed E-state index contributed by atoms with van der Waals surface area (Å²) in [6.45, 7) is 2.04. The van der Waals surface area contributed by atoms with Gasteiger partial charge in [0.1, 0.15) is 11.4 Å². The average molecular weight is 342 g/mol. The Morgan fingerprint density at radius 2 is 2.00 bits per heavy atom. The van der Waals surface area contributed by atoms with Crippen LogP contribution < -0.4 is 10.3 Å². The summed E-state index contributed by atoms with van der Waals surface area (Å²) in [5.74, 6) is 0.640. The number of fused-ring (bicyclic) bond motifs is 2. The van der Waals surface area contributed by atoms with Gasteiger partial charge in [0.25, 0.3) is 0 Å². The van der Waals surface area contributed by atoms with Crippen molar-refractivity contribution in [3.8, 4) is 17.0 Å². The number of imidazole rings is 1. The quantitative estimate of drug-likeness (QED) is 0.606. The van der Waals surface area contributed by atoms with Gasteiger partial charge in [0, 0.05) is 29.4 Å². The normalized spacial score (nSPS) is 10.8. The van der Waals surface area contributed by atoms with Gasteiger partial charge in [0.05, 0.1) is 18.3 Å². The number of rotatable bonds is 2. The number of hydrogen-bond donors (Lipinski definition) is 1. The van der Waals surface area contributed by atoms with Gasteiger partial charge in [-0.05, 0) is 42.8 Å². The molecule has 0 saturated heterocycles. The molecule has 0 atom stereocenters. The summed E-state index contributed by atoms with van der Waals surface area (Å²) in [6, 6.07) is 11.2. The van der Waals surface area contributed by atoms with E-state index >= 15 is 0 Å². The van der Waals surface area contributed by atoms with Crippen LogP contribution in [0.3, 0.4) is 0 Å². The molecule has 0 bridgehead atoms. The lowest BCUT2D eigenvalue weighted by Gasteiger charge is -2.08. The lowest BCUT2D eigenvalue weighted by molar-refractivity contribution is 0.419. The van der Waals surface area contributed by atoms with E-state index in [4.69, 9.17) is 9.72 Å². The molecule has 0 radical (unpaired) electrons. The van der Waals surface area contributed by atoms with Crippen LogP contribution in [0.1, 0.15) is 5.56 Å². The summed E-state index contributed by atoms with van der Waals surface area (Å²) in [5.41, 5.74) is 4.41. The van der Waals surface area contributed by atoms with Crippen LogP contribution in [-0.2, 0) is 0 Å². The number of aromatic nitrogens is 3. The number of H-pyrrole nitrogens is 1. The summed E-state index contributed by atoms with van der Waals surface area (Å²) >= 11 is 0. The molecule has 4 rings (SSSR count). The van der Waals surface area contributed by atoms with Gasteiger partial charge >= 0.3 is 0 Å². The zero-order valence-corrected chi connectivity index (χ0v) is 14.1. The lowest BCUT2D eigenvalue weighted by atomic mass is 10.1. The Balaban J connectivity index is 0.00000169. The minimum atomic E-state index is -0.154. The molecule has 0 amide bonds. The first-order chi connectivity index (χ1) is 11.2. The molecule has 3 heterocycles. The molecule has 122 valence electrons. The molecular weight excluding hydrogens is 326 g/mol. The Labute approximate surface area is 144 Å². The fourth-order valence-corrected chi connectivity index (χ4v) is 2.83. The van der Waals surface area contributed by atoms with Crippen LogP contribution >= 0.6 is 12.4 Å². The first-order valence-corrected chi connectivity index (χ1v) is 7.31. The largest absolute Gasteiger partial charge is 0.495 e. The highest BCUT2D eigenvalue weighted by atomic mass is 35.5. The molecule has 0 aliphatic rings. The standard InChI is InChI=1S/C18H15N3O2.ClH/c1-11-7-8-21-10-14(19-16(21)9-11)12-3-5-15(23-2)18-13(12)4-6-17(22)20-18;/h3-10H,1-2H3,(H,20,22);1H. The second kappa shape index (κ2) is 6.02. The predicted octanol–water partition coefficient (Wildman–Crippen LogP) is 3.58. The number of hydrogen-bond acceptors (Lipinski definition) is 3. The van der Waals surface area contributed by atoms with Crippen LogP contribution in [0.15, 0.2) is 53.6 Å².